The predicted molar refractivity (Wildman–Crippen MR) is 78.9 cm³/mol. The summed E-state index contributed by atoms with van der Waals surface area (Å²) in [7, 11) is 0. The van der Waals surface area contributed by atoms with Crippen molar-refractivity contribution in [1.82, 2.24) is 10.2 Å². The second-order valence-corrected chi connectivity index (χ2v) is 7.44. The number of rotatable bonds is 3. The number of carboxylic acids is 1. The van der Waals surface area contributed by atoms with E-state index >= 15 is 0 Å². The first-order valence-electron chi connectivity index (χ1n) is 6.61. The molecule has 0 spiro atoms. The lowest BCUT2D eigenvalue weighted by molar-refractivity contribution is -0.143. The van der Waals surface area contributed by atoms with Crippen LogP contribution in [0.2, 0.25) is 0 Å². The van der Waals surface area contributed by atoms with Crippen LogP contribution in [0.1, 0.15) is 12.8 Å². The molecule has 2 saturated heterocycles. The summed E-state index contributed by atoms with van der Waals surface area (Å²) in [5.74, 6) is 2.23. The second kappa shape index (κ2) is 7.28. The van der Waals surface area contributed by atoms with Gasteiger partial charge in [-0.25, -0.2) is 4.79 Å². The Balaban J connectivity index is 1.74. The minimum absolute atomic E-state index is 0.109. The number of likely N-dealkylation sites (tertiary alicyclic amines) is 1. The van der Waals surface area contributed by atoms with Crippen molar-refractivity contribution in [2.45, 2.75) is 18.1 Å². The highest BCUT2D eigenvalue weighted by Crippen LogP contribution is 2.23. The first-order valence-corrected chi connectivity index (χ1v) is 8.82. The molecule has 7 heteroatoms. The van der Waals surface area contributed by atoms with Gasteiger partial charge in [-0.05, 0) is 12.8 Å². The molecule has 0 aromatic rings. The van der Waals surface area contributed by atoms with Gasteiger partial charge in [0.2, 0.25) is 0 Å². The summed E-state index contributed by atoms with van der Waals surface area (Å²) in [4.78, 5) is 24.6. The van der Waals surface area contributed by atoms with Gasteiger partial charge in [-0.1, -0.05) is 0 Å². The number of hydrogen-bond donors (Lipinski definition) is 2. The van der Waals surface area contributed by atoms with Crippen molar-refractivity contribution in [3.05, 3.63) is 0 Å². The largest absolute Gasteiger partial charge is 0.481 e. The molecule has 108 valence electrons. The van der Waals surface area contributed by atoms with Gasteiger partial charge >= 0.3 is 12.0 Å². The maximum Gasteiger partial charge on any atom is 0.317 e. The molecule has 0 aromatic carbocycles. The number of thioether (sulfide) groups is 2. The summed E-state index contributed by atoms with van der Waals surface area (Å²) >= 11 is 3.84. The van der Waals surface area contributed by atoms with Gasteiger partial charge in [-0.3, -0.25) is 4.79 Å². The molecule has 2 atom stereocenters. The van der Waals surface area contributed by atoms with E-state index in [-0.39, 0.29) is 6.03 Å². The second-order valence-electron chi connectivity index (χ2n) is 4.88. The number of aliphatic carboxylic acids is 1. The fourth-order valence-electron chi connectivity index (χ4n) is 2.33. The maximum absolute atomic E-state index is 12.0. The van der Waals surface area contributed by atoms with E-state index in [1.165, 1.54) is 5.75 Å². The number of nitrogens with one attached hydrogen (secondary N) is 1. The zero-order chi connectivity index (χ0) is 13.7. The Hall–Kier alpha value is -0.560. The Morgan fingerprint density at radius 2 is 2.21 bits per heavy atom. The van der Waals surface area contributed by atoms with Crippen molar-refractivity contribution in [3.63, 3.8) is 0 Å². The van der Waals surface area contributed by atoms with Crippen LogP contribution in [0, 0.1) is 5.92 Å². The van der Waals surface area contributed by atoms with Crippen LogP contribution in [0.4, 0.5) is 4.79 Å². The summed E-state index contributed by atoms with van der Waals surface area (Å²) < 4.78 is 0. The van der Waals surface area contributed by atoms with E-state index < -0.39 is 11.9 Å². The number of carbonyl (C=O) groups excluding carboxylic acids is 1. The molecule has 2 fully saturated rings. The lowest BCUT2D eigenvalue weighted by atomic mass is 9.99. The van der Waals surface area contributed by atoms with Crippen LogP contribution in [0.5, 0.6) is 0 Å². The monoisotopic (exact) mass is 304 g/mol. The van der Waals surface area contributed by atoms with Crippen molar-refractivity contribution in [3.8, 4) is 0 Å². The van der Waals surface area contributed by atoms with E-state index in [1.807, 2.05) is 23.5 Å². The molecule has 19 heavy (non-hydrogen) atoms. The van der Waals surface area contributed by atoms with E-state index in [2.05, 4.69) is 5.32 Å². The average molecular weight is 304 g/mol. The molecule has 0 bridgehead atoms. The van der Waals surface area contributed by atoms with E-state index in [0.29, 0.717) is 31.3 Å². The van der Waals surface area contributed by atoms with Crippen LogP contribution >= 0.6 is 23.5 Å². The fourth-order valence-corrected chi connectivity index (χ4v) is 4.94. The summed E-state index contributed by atoms with van der Waals surface area (Å²) in [6, 6.07) is -0.109. The van der Waals surface area contributed by atoms with Crippen molar-refractivity contribution in [1.29, 1.82) is 0 Å². The number of carbonyl (C=O) groups is 2. The van der Waals surface area contributed by atoms with Crippen LogP contribution < -0.4 is 5.32 Å². The Bertz CT molecular complexity index is 335. The molecule has 0 aromatic heterocycles. The smallest absolute Gasteiger partial charge is 0.317 e. The molecule has 0 saturated carbocycles. The summed E-state index contributed by atoms with van der Waals surface area (Å²) in [6.07, 6.45) is 1.45. The van der Waals surface area contributed by atoms with Crippen molar-refractivity contribution >= 4 is 35.5 Å². The van der Waals surface area contributed by atoms with Crippen LogP contribution in [-0.4, -0.2) is 64.1 Å². The van der Waals surface area contributed by atoms with Gasteiger partial charge < -0.3 is 15.3 Å². The molecular formula is C12H20N2O3S2. The van der Waals surface area contributed by atoms with Crippen LogP contribution in [0.15, 0.2) is 0 Å². The lowest BCUT2D eigenvalue weighted by Crippen LogP contribution is -2.48. The third-order valence-electron chi connectivity index (χ3n) is 3.42. The Morgan fingerprint density at radius 1 is 1.37 bits per heavy atom. The Kier molecular flexibility index (Phi) is 5.69. The van der Waals surface area contributed by atoms with Gasteiger partial charge in [-0.15, -0.1) is 0 Å². The van der Waals surface area contributed by atoms with E-state index in [1.54, 1.807) is 4.90 Å². The molecule has 2 amide bonds. The highest BCUT2D eigenvalue weighted by Gasteiger charge is 2.28. The summed E-state index contributed by atoms with van der Waals surface area (Å²) in [6.45, 7) is 1.70. The number of hydrogen-bond acceptors (Lipinski definition) is 4. The Morgan fingerprint density at radius 3 is 2.89 bits per heavy atom. The standard InChI is InChI=1S/C12H20N2O3S2/c15-11(16)9-2-1-3-14(7-9)12(17)13-6-10-8-18-4-5-19-10/h9-10H,1-8H2,(H,13,17)(H,15,16)/t9-,10?/m1/s1. The number of urea groups is 1. The number of piperidine rings is 1. The van der Waals surface area contributed by atoms with Crippen LogP contribution in [0.3, 0.4) is 0 Å². The highest BCUT2D eigenvalue weighted by atomic mass is 32.2. The number of amides is 2. The molecule has 0 radical (unpaired) electrons. The molecule has 2 heterocycles. The molecule has 1 unspecified atom stereocenters. The third kappa shape index (κ3) is 4.49. The van der Waals surface area contributed by atoms with Crippen LogP contribution in [-0.2, 0) is 4.79 Å². The van der Waals surface area contributed by atoms with Crippen molar-refractivity contribution in [2.75, 3.05) is 36.9 Å². The predicted octanol–water partition coefficient (Wildman–Crippen LogP) is 1.34. The van der Waals surface area contributed by atoms with Gasteiger partial charge in [0.25, 0.3) is 0 Å². The molecule has 2 rings (SSSR count). The van der Waals surface area contributed by atoms with E-state index in [0.717, 1.165) is 17.9 Å². The number of carboxylic acid groups (broad SMARTS) is 1. The molecule has 5 nitrogen and oxygen atoms in total. The van der Waals surface area contributed by atoms with Gasteiger partial charge in [0.05, 0.1) is 5.92 Å². The van der Waals surface area contributed by atoms with Gasteiger partial charge in [-0.2, -0.15) is 23.5 Å². The van der Waals surface area contributed by atoms with Crippen LogP contribution in [0.25, 0.3) is 0 Å². The van der Waals surface area contributed by atoms with Crippen molar-refractivity contribution in [2.24, 2.45) is 5.92 Å². The van der Waals surface area contributed by atoms with Gasteiger partial charge in [0.15, 0.2) is 0 Å². The molecule has 2 aliphatic rings. The Labute approximate surface area is 121 Å². The topological polar surface area (TPSA) is 69.6 Å². The zero-order valence-corrected chi connectivity index (χ0v) is 12.5. The zero-order valence-electron chi connectivity index (χ0n) is 10.8. The normalized spacial score (nSPS) is 27.9. The van der Waals surface area contributed by atoms with Gasteiger partial charge in [0, 0.05) is 42.1 Å². The third-order valence-corrected chi connectivity index (χ3v) is 6.27. The maximum atomic E-state index is 12.0. The van der Waals surface area contributed by atoms with E-state index in [9.17, 15) is 9.59 Å². The average Bonchev–Trinajstić information content (AvgIpc) is 2.46. The minimum Gasteiger partial charge on any atom is -0.481 e. The number of nitrogens with zero attached hydrogens (tertiary/aromatic N) is 1. The summed E-state index contributed by atoms with van der Waals surface area (Å²) in [5, 5.41) is 12.4. The fraction of sp³-hybridized carbons (Fsp3) is 0.833. The molecular weight excluding hydrogens is 284 g/mol. The highest BCUT2D eigenvalue weighted by molar-refractivity contribution is 8.06. The lowest BCUT2D eigenvalue weighted by Gasteiger charge is -2.31. The first kappa shape index (κ1) is 14.8. The SMILES string of the molecule is O=C(O)[C@@H]1CCCN(C(=O)NCC2CSCCS2)C1. The summed E-state index contributed by atoms with van der Waals surface area (Å²) in [5.41, 5.74) is 0. The first-order chi connectivity index (χ1) is 9.16. The minimum atomic E-state index is -0.795. The van der Waals surface area contributed by atoms with Gasteiger partial charge in [0.1, 0.15) is 0 Å². The molecule has 0 aliphatic carbocycles. The van der Waals surface area contributed by atoms with Crippen molar-refractivity contribution < 1.29 is 14.7 Å². The molecule has 2 N–H and O–H groups in total. The molecule has 2 aliphatic heterocycles. The quantitative estimate of drug-likeness (QED) is 0.823. The van der Waals surface area contributed by atoms with E-state index in [4.69, 9.17) is 5.11 Å².